The molecule has 1 aliphatic rings. The fourth-order valence-corrected chi connectivity index (χ4v) is 6.58. The molecule has 0 unspecified atom stereocenters. The van der Waals surface area contributed by atoms with Gasteiger partial charge in [-0.3, -0.25) is 9.10 Å². The van der Waals surface area contributed by atoms with E-state index in [9.17, 15) is 21.6 Å². The molecule has 0 radical (unpaired) electrons. The van der Waals surface area contributed by atoms with Gasteiger partial charge in [0, 0.05) is 12.1 Å². The Balaban J connectivity index is 1.68. The minimum absolute atomic E-state index is 0.0156. The first-order valence-corrected chi connectivity index (χ1v) is 14.9. The molecule has 4 rings (SSSR count). The zero-order chi connectivity index (χ0) is 28.2. The molecular formula is C26H29N3O8S2. The number of ether oxygens (including phenoxy) is 3. The number of amides is 1. The van der Waals surface area contributed by atoms with Crippen LogP contribution in [0.3, 0.4) is 0 Å². The third-order valence-corrected chi connectivity index (χ3v) is 9.02. The van der Waals surface area contributed by atoms with Gasteiger partial charge in [0.2, 0.25) is 15.9 Å². The lowest BCUT2D eigenvalue weighted by Crippen LogP contribution is -2.38. The number of sulfonamides is 2. The molecule has 0 bridgehead atoms. The lowest BCUT2D eigenvalue weighted by molar-refractivity contribution is -0.114. The minimum Gasteiger partial charge on any atom is -0.495 e. The standard InChI is InChI=1S/C26H29N3O8S2/c1-18(2)28-38(31,32)21-10-12-23(35-3)22(16-21)27-26(30)17-29(39(33,34)20-7-5-4-6-8-20)19-9-11-24-25(15-19)37-14-13-36-24/h4-12,15-16,18,28H,13-14,17H2,1-3H3,(H,27,30). The van der Waals surface area contributed by atoms with Crippen molar-refractivity contribution in [3.05, 3.63) is 66.7 Å². The summed E-state index contributed by atoms with van der Waals surface area (Å²) in [6.07, 6.45) is 0. The highest BCUT2D eigenvalue weighted by Gasteiger charge is 2.29. The van der Waals surface area contributed by atoms with Crippen LogP contribution in [0.25, 0.3) is 0 Å². The number of methoxy groups -OCH3 is 1. The summed E-state index contributed by atoms with van der Waals surface area (Å²) in [4.78, 5) is 13.2. The van der Waals surface area contributed by atoms with Crippen molar-refractivity contribution in [1.29, 1.82) is 0 Å². The molecule has 1 aliphatic heterocycles. The molecule has 0 saturated carbocycles. The molecule has 0 saturated heterocycles. The summed E-state index contributed by atoms with van der Waals surface area (Å²) in [6, 6.07) is 15.9. The molecule has 13 heteroatoms. The van der Waals surface area contributed by atoms with E-state index in [1.807, 2.05) is 0 Å². The summed E-state index contributed by atoms with van der Waals surface area (Å²) < 4.78 is 72.5. The SMILES string of the molecule is COc1ccc(S(=O)(=O)NC(C)C)cc1NC(=O)CN(c1ccc2c(c1)OCCO2)S(=O)(=O)c1ccccc1. The zero-order valence-electron chi connectivity index (χ0n) is 21.6. The summed E-state index contributed by atoms with van der Waals surface area (Å²) in [5.41, 5.74) is 0.246. The van der Waals surface area contributed by atoms with Crippen molar-refractivity contribution in [3.63, 3.8) is 0 Å². The predicted molar refractivity (Wildman–Crippen MR) is 145 cm³/mol. The number of rotatable bonds is 10. The molecule has 3 aromatic carbocycles. The molecule has 0 aromatic heterocycles. The molecule has 3 aromatic rings. The number of hydrogen-bond donors (Lipinski definition) is 2. The average molecular weight is 576 g/mol. The highest BCUT2D eigenvalue weighted by Crippen LogP contribution is 2.36. The van der Waals surface area contributed by atoms with Crippen LogP contribution in [0.1, 0.15) is 13.8 Å². The van der Waals surface area contributed by atoms with Gasteiger partial charge in [0.05, 0.1) is 28.3 Å². The quantitative estimate of drug-likeness (QED) is 0.376. The monoisotopic (exact) mass is 575 g/mol. The van der Waals surface area contributed by atoms with Gasteiger partial charge in [-0.25, -0.2) is 21.6 Å². The summed E-state index contributed by atoms with van der Waals surface area (Å²) in [7, 11) is -6.69. The Kier molecular flexibility index (Phi) is 8.33. The molecule has 1 heterocycles. The van der Waals surface area contributed by atoms with E-state index in [1.54, 1.807) is 38.1 Å². The van der Waals surface area contributed by atoms with Crippen LogP contribution in [0.4, 0.5) is 11.4 Å². The fraction of sp³-hybridized carbons (Fsp3) is 0.269. The average Bonchev–Trinajstić information content (AvgIpc) is 2.91. The number of anilines is 2. The van der Waals surface area contributed by atoms with Crippen LogP contribution < -0.4 is 28.6 Å². The van der Waals surface area contributed by atoms with E-state index in [-0.39, 0.29) is 33.0 Å². The first-order valence-electron chi connectivity index (χ1n) is 12.0. The normalized spacial score (nSPS) is 13.1. The molecule has 0 atom stereocenters. The first-order chi connectivity index (χ1) is 18.5. The van der Waals surface area contributed by atoms with E-state index in [2.05, 4.69) is 10.0 Å². The fourth-order valence-electron chi connectivity index (χ4n) is 3.87. The van der Waals surface area contributed by atoms with Gasteiger partial charge in [-0.2, -0.15) is 0 Å². The highest BCUT2D eigenvalue weighted by atomic mass is 32.2. The van der Waals surface area contributed by atoms with E-state index < -0.39 is 32.5 Å². The summed E-state index contributed by atoms with van der Waals surface area (Å²) in [6.45, 7) is 3.41. The largest absolute Gasteiger partial charge is 0.495 e. The number of fused-ring (bicyclic) bond motifs is 1. The van der Waals surface area contributed by atoms with Crippen molar-refractivity contribution in [2.45, 2.75) is 29.7 Å². The Labute approximate surface area is 227 Å². The van der Waals surface area contributed by atoms with Crippen LogP contribution in [0.15, 0.2) is 76.5 Å². The van der Waals surface area contributed by atoms with Gasteiger partial charge in [0.1, 0.15) is 25.5 Å². The van der Waals surface area contributed by atoms with Crippen LogP contribution in [-0.2, 0) is 24.8 Å². The predicted octanol–water partition coefficient (Wildman–Crippen LogP) is 2.99. The molecule has 0 fully saturated rings. The molecule has 1 amide bonds. The highest BCUT2D eigenvalue weighted by molar-refractivity contribution is 7.92. The van der Waals surface area contributed by atoms with Crippen molar-refractivity contribution in [3.8, 4) is 17.2 Å². The number of nitrogens with one attached hydrogen (secondary N) is 2. The van der Waals surface area contributed by atoms with Crippen LogP contribution in [-0.4, -0.2) is 55.7 Å². The molecular weight excluding hydrogens is 546 g/mol. The van der Waals surface area contributed by atoms with Gasteiger partial charge in [-0.05, 0) is 56.3 Å². The van der Waals surface area contributed by atoms with E-state index in [4.69, 9.17) is 14.2 Å². The Morgan fingerprint density at radius 3 is 2.28 bits per heavy atom. The van der Waals surface area contributed by atoms with E-state index >= 15 is 0 Å². The van der Waals surface area contributed by atoms with Crippen LogP contribution in [0, 0.1) is 0 Å². The maximum atomic E-state index is 13.7. The van der Waals surface area contributed by atoms with E-state index in [0.29, 0.717) is 24.7 Å². The van der Waals surface area contributed by atoms with Gasteiger partial charge < -0.3 is 19.5 Å². The van der Waals surface area contributed by atoms with Crippen molar-refractivity contribution < 1.29 is 35.8 Å². The van der Waals surface area contributed by atoms with Crippen molar-refractivity contribution in [2.75, 3.05) is 36.5 Å². The number of hydrogen-bond acceptors (Lipinski definition) is 8. The van der Waals surface area contributed by atoms with Crippen LogP contribution in [0.5, 0.6) is 17.2 Å². The lowest BCUT2D eigenvalue weighted by atomic mass is 10.2. The van der Waals surface area contributed by atoms with Crippen molar-refractivity contribution >= 4 is 37.3 Å². The van der Waals surface area contributed by atoms with Gasteiger partial charge >= 0.3 is 0 Å². The van der Waals surface area contributed by atoms with E-state index in [1.165, 1.54) is 49.6 Å². The summed E-state index contributed by atoms with van der Waals surface area (Å²) in [5, 5.41) is 2.60. The van der Waals surface area contributed by atoms with Crippen molar-refractivity contribution in [1.82, 2.24) is 4.72 Å². The second kappa shape index (κ2) is 11.5. The number of carbonyl (C=O) groups is 1. The molecule has 208 valence electrons. The third-order valence-electron chi connectivity index (χ3n) is 5.58. The number of benzene rings is 3. The number of carbonyl (C=O) groups excluding carboxylic acids is 1. The molecule has 39 heavy (non-hydrogen) atoms. The Morgan fingerprint density at radius 1 is 0.923 bits per heavy atom. The molecule has 0 aliphatic carbocycles. The van der Waals surface area contributed by atoms with Crippen molar-refractivity contribution in [2.24, 2.45) is 0 Å². The third kappa shape index (κ3) is 6.44. The van der Waals surface area contributed by atoms with E-state index in [0.717, 1.165) is 4.31 Å². The van der Waals surface area contributed by atoms with Crippen LogP contribution in [0.2, 0.25) is 0 Å². The Morgan fingerprint density at radius 2 is 1.62 bits per heavy atom. The number of nitrogens with zero attached hydrogens (tertiary/aromatic N) is 1. The second-order valence-corrected chi connectivity index (χ2v) is 12.4. The maximum Gasteiger partial charge on any atom is 0.264 e. The topological polar surface area (TPSA) is 140 Å². The maximum absolute atomic E-state index is 13.7. The molecule has 0 spiro atoms. The molecule has 11 nitrogen and oxygen atoms in total. The van der Waals surface area contributed by atoms with Crippen LogP contribution >= 0.6 is 0 Å². The summed E-state index contributed by atoms with van der Waals surface area (Å²) >= 11 is 0. The van der Waals surface area contributed by atoms with Gasteiger partial charge in [0.15, 0.2) is 11.5 Å². The minimum atomic E-state index is -4.19. The first kappa shape index (κ1) is 28.2. The van der Waals surface area contributed by atoms with Gasteiger partial charge in [0.25, 0.3) is 10.0 Å². The Hall–Kier alpha value is -3.81. The zero-order valence-corrected chi connectivity index (χ0v) is 23.2. The second-order valence-electron chi connectivity index (χ2n) is 8.84. The molecule has 2 N–H and O–H groups in total. The Bertz CT molecular complexity index is 1560. The van der Waals surface area contributed by atoms with Gasteiger partial charge in [-0.15, -0.1) is 0 Å². The van der Waals surface area contributed by atoms with Gasteiger partial charge in [-0.1, -0.05) is 18.2 Å². The lowest BCUT2D eigenvalue weighted by Gasteiger charge is -2.26. The smallest absolute Gasteiger partial charge is 0.264 e. The summed E-state index contributed by atoms with van der Waals surface area (Å²) in [5.74, 6) is 0.284.